The molecular weight excluding hydrogens is 227 g/mol. The summed E-state index contributed by atoms with van der Waals surface area (Å²) in [5.41, 5.74) is 7.58. The third-order valence-corrected chi connectivity index (χ3v) is 3.90. The maximum atomic E-state index is 14.0. The first-order chi connectivity index (χ1) is 8.65. The summed E-state index contributed by atoms with van der Waals surface area (Å²) in [4.78, 5) is 2.33. The van der Waals surface area contributed by atoms with E-state index >= 15 is 0 Å². The van der Waals surface area contributed by atoms with Crippen molar-refractivity contribution in [2.45, 2.75) is 51.6 Å². The fourth-order valence-corrected chi connectivity index (χ4v) is 3.07. The van der Waals surface area contributed by atoms with Crippen LogP contribution >= 0.6 is 0 Å². The highest BCUT2D eigenvalue weighted by atomic mass is 19.1. The van der Waals surface area contributed by atoms with Gasteiger partial charge in [0.1, 0.15) is 5.82 Å². The molecule has 1 fully saturated rings. The van der Waals surface area contributed by atoms with Crippen LogP contribution in [0.4, 0.5) is 10.1 Å². The molecule has 0 heterocycles. The summed E-state index contributed by atoms with van der Waals surface area (Å²) in [6, 6.07) is 5.58. The first kappa shape index (κ1) is 13.3. The molecule has 0 unspecified atom stereocenters. The highest BCUT2D eigenvalue weighted by molar-refractivity contribution is 5.56. The van der Waals surface area contributed by atoms with Crippen molar-refractivity contribution < 1.29 is 4.39 Å². The van der Waals surface area contributed by atoms with Crippen LogP contribution in [0.2, 0.25) is 0 Å². The maximum absolute atomic E-state index is 14.0. The van der Waals surface area contributed by atoms with Gasteiger partial charge >= 0.3 is 0 Å². The van der Waals surface area contributed by atoms with Gasteiger partial charge in [-0.2, -0.15) is 0 Å². The lowest BCUT2D eigenvalue weighted by Gasteiger charge is -2.32. The van der Waals surface area contributed by atoms with Gasteiger partial charge in [0.05, 0.1) is 0 Å². The van der Waals surface area contributed by atoms with Crippen molar-refractivity contribution in [3.05, 3.63) is 29.6 Å². The second kappa shape index (κ2) is 5.70. The molecule has 1 saturated carbocycles. The maximum Gasteiger partial charge on any atom is 0.130 e. The van der Waals surface area contributed by atoms with E-state index in [1.807, 2.05) is 13.0 Å². The largest absolute Gasteiger partial charge is 0.368 e. The molecular formula is C15H23FN2. The van der Waals surface area contributed by atoms with E-state index in [9.17, 15) is 4.39 Å². The lowest BCUT2D eigenvalue weighted by atomic mass is 10.0. The zero-order chi connectivity index (χ0) is 13.1. The van der Waals surface area contributed by atoms with Gasteiger partial charge in [0.2, 0.25) is 0 Å². The summed E-state index contributed by atoms with van der Waals surface area (Å²) < 4.78 is 14.0. The van der Waals surface area contributed by atoms with Crippen LogP contribution in [0.3, 0.4) is 0 Å². The van der Waals surface area contributed by atoms with Crippen LogP contribution in [-0.4, -0.2) is 12.6 Å². The Balaban J connectivity index is 2.38. The van der Waals surface area contributed by atoms with E-state index in [1.165, 1.54) is 31.7 Å². The van der Waals surface area contributed by atoms with Gasteiger partial charge < -0.3 is 10.6 Å². The molecule has 0 saturated heterocycles. The zero-order valence-corrected chi connectivity index (χ0v) is 11.3. The molecule has 1 aromatic carbocycles. The van der Waals surface area contributed by atoms with Crippen molar-refractivity contribution >= 4 is 5.69 Å². The highest BCUT2D eigenvalue weighted by Crippen LogP contribution is 2.33. The quantitative estimate of drug-likeness (QED) is 0.884. The number of benzene rings is 1. The second-order valence-corrected chi connectivity index (χ2v) is 5.19. The fraction of sp³-hybridized carbons (Fsp3) is 0.600. The van der Waals surface area contributed by atoms with E-state index in [4.69, 9.17) is 5.73 Å². The Hall–Kier alpha value is -1.09. The summed E-state index contributed by atoms with van der Waals surface area (Å²) >= 11 is 0. The van der Waals surface area contributed by atoms with Gasteiger partial charge in [-0.3, -0.25) is 0 Å². The number of halogens is 1. The molecule has 2 rings (SSSR count). The number of nitrogens with two attached hydrogens (primary N) is 1. The van der Waals surface area contributed by atoms with E-state index in [0.717, 1.165) is 12.2 Å². The van der Waals surface area contributed by atoms with Crippen molar-refractivity contribution in [2.24, 2.45) is 5.73 Å². The van der Waals surface area contributed by atoms with E-state index in [1.54, 1.807) is 6.07 Å². The first-order valence-corrected chi connectivity index (χ1v) is 6.95. The molecule has 0 spiro atoms. The molecule has 100 valence electrons. The smallest absolute Gasteiger partial charge is 0.130 e. The Morgan fingerprint density at radius 2 is 2.06 bits per heavy atom. The van der Waals surface area contributed by atoms with Gasteiger partial charge in [-0.15, -0.1) is 0 Å². The third kappa shape index (κ3) is 2.51. The van der Waals surface area contributed by atoms with Crippen LogP contribution in [0, 0.1) is 5.82 Å². The summed E-state index contributed by atoms with van der Waals surface area (Å²) in [5.74, 6) is -0.182. The molecule has 0 bridgehead atoms. The minimum Gasteiger partial charge on any atom is -0.368 e. The van der Waals surface area contributed by atoms with Gasteiger partial charge in [-0.1, -0.05) is 18.9 Å². The molecule has 0 aromatic heterocycles. The summed E-state index contributed by atoms with van der Waals surface area (Å²) in [5, 5.41) is 0. The van der Waals surface area contributed by atoms with E-state index in [0.29, 0.717) is 11.6 Å². The average Bonchev–Trinajstić information content (AvgIpc) is 2.83. The number of rotatable bonds is 4. The normalized spacial score (nSPS) is 18.0. The number of hydrogen-bond acceptors (Lipinski definition) is 2. The zero-order valence-electron chi connectivity index (χ0n) is 11.3. The predicted molar refractivity (Wildman–Crippen MR) is 74.3 cm³/mol. The van der Waals surface area contributed by atoms with Crippen molar-refractivity contribution in [2.75, 3.05) is 11.4 Å². The first-order valence-electron chi connectivity index (χ1n) is 6.95. The molecule has 1 aromatic rings. The minimum atomic E-state index is -0.267. The molecule has 0 aliphatic heterocycles. The number of nitrogens with zero attached hydrogens (tertiary/aromatic N) is 1. The topological polar surface area (TPSA) is 29.3 Å². The molecule has 1 aliphatic carbocycles. The van der Waals surface area contributed by atoms with Crippen molar-refractivity contribution in [1.29, 1.82) is 0 Å². The highest BCUT2D eigenvalue weighted by Gasteiger charge is 2.25. The van der Waals surface area contributed by atoms with Crippen LogP contribution in [0.15, 0.2) is 18.2 Å². The SMILES string of the molecule is CCN(c1cccc(F)c1[C@H](C)N)C1CCCC1. The van der Waals surface area contributed by atoms with E-state index in [2.05, 4.69) is 11.8 Å². The lowest BCUT2D eigenvalue weighted by Crippen LogP contribution is -2.34. The monoisotopic (exact) mass is 250 g/mol. The van der Waals surface area contributed by atoms with Crippen LogP contribution in [0.5, 0.6) is 0 Å². The van der Waals surface area contributed by atoms with Crippen molar-refractivity contribution in [1.82, 2.24) is 0 Å². The molecule has 1 atom stereocenters. The Labute approximate surface area is 109 Å². The summed E-state index contributed by atoms with van der Waals surface area (Å²) in [7, 11) is 0. The standard InChI is InChI=1S/C15H23FN2/c1-3-18(12-7-4-5-8-12)14-10-6-9-13(16)15(14)11(2)17/h6,9-12H,3-5,7-8,17H2,1-2H3/t11-/m0/s1. The van der Waals surface area contributed by atoms with Crippen LogP contribution in [0.25, 0.3) is 0 Å². The molecule has 2 nitrogen and oxygen atoms in total. The molecule has 0 amide bonds. The van der Waals surface area contributed by atoms with Crippen LogP contribution in [0.1, 0.15) is 51.1 Å². The van der Waals surface area contributed by atoms with E-state index < -0.39 is 0 Å². The number of anilines is 1. The van der Waals surface area contributed by atoms with Gasteiger partial charge in [-0.25, -0.2) is 4.39 Å². The predicted octanol–water partition coefficient (Wildman–Crippen LogP) is 3.61. The van der Waals surface area contributed by atoms with Gasteiger partial charge in [0.25, 0.3) is 0 Å². The average molecular weight is 250 g/mol. The molecule has 1 aliphatic rings. The van der Waals surface area contributed by atoms with Gasteiger partial charge in [0, 0.05) is 29.9 Å². The van der Waals surface area contributed by atoms with Gasteiger partial charge in [-0.05, 0) is 38.8 Å². The Kier molecular flexibility index (Phi) is 4.23. The Morgan fingerprint density at radius 3 is 2.61 bits per heavy atom. The molecule has 2 N–H and O–H groups in total. The Morgan fingerprint density at radius 1 is 1.39 bits per heavy atom. The third-order valence-electron chi connectivity index (χ3n) is 3.90. The van der Waals surface area contributed by atoms with Crippen molar-refractivity contribution in [3.8, 4) is 0 Å². The minimum absolute atomic E-state index is 0.182. The van der Waals surface area contributed by atoms with E-state index in [-0.39, 0.29) is 11.9 Å². The lowest BCUT2D eigenvalue weighted by molar-refractivity contribution is 0.578. The fourth-order valence-electron chi connectivity index (χ4n) is 3.07. The van der Waals surface area contributed by atoms with Crippen molar-refractivity contribution in [3.63, 3.8) is 0 Å². The van der Waals surface area contributed by atoms with Crippen LogP contribution < -0.4 is 10.6 Å². The molecule has 3 heteroatoms. The second-order valence-electron chi connectivity index (χ2n) is 5.19. The van der Waals surface area contributed by atoms with Crippen LogP contribution in [-0.2, 0) is 0 Å². The van der Waals surface area contributed by atoms with Gasteiger partial charge in [0.15, 0.2) is 0 Å². The summed E-state index contributed by atoms with van der Waals surface area (Å²) in [6.45, 7) is 4.90. The number of hydrogen-bond donors (Lipinski definition) is 1. The summed E-state index contributed by atoms with van der Waals surface area (Å²) in [6.07, 6.45) is 4.99. The molecule has 18 heavy (non-hydrogen) atoms. The Bertz CT molecular complexity index is 397. The molecule has 0 radical (unpaired) electrons.